The molecule has 2 aromatic heterocycles. The lowest BCUT2D eigenvalue weighted by Crippen LogP contribution is -2.30. The van der Waals surface area contributed by atoms with E-state index in [1.165, 1.54) is 23.5 Å². The number of methoxy groups -OCH3 is 1. The highest BCUT2D eigenvalue weighted by Crippen LogP contribution is 2.34. The molecule has 0 spiro atoms. The molecule has 13 heteroatoms. The minimum atomic E-state index is -0.689. The molecule has 0 aliphatic heterocycles. The zero-order valence-electron chi connectivity index (χ0n) is 16.3. The van der Waals surface area contributed by atoms with Crippen molar-refractivity contribution in [1.29, 1.82) is 0 Å². The number of rotatable bonds is 7. The molecule has 162 valence electrons. The first-order valence-corrected chi connectivity index (χ1v) is 9.79. The van der Waals surface area contributed by atoms with Crippen LogP contribution in [0.15, 0.2) is 48.8 Å². The number of ether oxygens (including phenoxy) is 1. The van der Waals surface area contributed by atoms with Crippen LogP contribution in [0.1, 0.15) is 10.4 Å². The number of nitrogens with zero attached hydrogens (tertiary/aromatic N) is 4. The van der Waals surface area contributed by atoms with E-state index in [1.54, 1.807) is 25.3 Å². The lowest BCUT2D eigenvalue weighted by Gasteiger charge is -2.10. The molecule has 0 unspecified atom stereocenters. The van der Waals surface area contributed by atoms with Gasteiger partial charge < -0.3 is 10.1 Å². The monoisotopic (exact) mass is 455 g/mol. The van der Waals surface area contributed by atoms with Gasteiger partial charge in [0.05, 0.1) is 22.2 Å². The van der Waals surface area contributed by atoms with Crippen LogP contribution in [0.3, 0.4) is 0 Å². The van der Waals surface area contributed by atoms with E-state index in [0.717, 1.165) is 23.2 Å². The second-order valence-corrected chi connectivity index (χ2v) is 7.27. The highest BCUT2D eigenvalue weighted by molar-refractivity contribution is 7.22. The highest BCUT2D eigenvalue weighted by Gasteiger charge is 2.24. The lowest BCUT2D eigenvalue weighted by atomic mass is 10.2. The smallest absolute Gasteiger partial charge is 0.355 e. The molecule has 0 saturated heterocycles. The maximum Gasteiger partial charge on any atom is 0.355 e. The number of carbonyl (C=O) groups is 1. The zero-order chi connectivity index (χ0) is 22.7. The molecule has 11 nitrogen and oxygen atoms in total. The molecule has 3 N–H and O–H groups in total. The summed E-state index contributed by atoms with van der Waals surface area (Å²) in [6, 6.07) is 10.1. The number of anilines is 3. The van der Waals surface area contributed by atoms with Gasteiger partial charge >= 0.3 is 5.69 Å². The Labute approximate surface area is 183 Å². The molecule has 32 heavy (non-hydrogen) atoms. The van der Waals surface area contributed by atoms with Crippen molar-refractivity contribution in [2.24, 2.45) is 0 Å². The Hall–Kier alpha value is -4.39. The van der Waals surface area contributed by atoms with E-state index in [-0.39, 0.29) is 17.2 Å². The van der Waals surface area contributed by atoms with Crippen molar-refractivity contribution < 1.29 is 18.8 Å². The summed E-state index contributed by atoms with van der Waals surface area (Å²) < 4.78 is 19.0. The van der Waals surface area contributed by atoms with E-state index < -0.39 is 22.3 Å². The minimum absolute atomic E-state index is 0.116. The van der Waals surface area contributed by atoms with Crippen molar-refractivity contribution in [3.05, 3.63) is 70.3 Å². The van der Waals surface area contributed by atoms with E-state index >= 15 is 0 Å². The lowest BCUT2D eigenvalue weighted by molar-refractivity contribution is -0.383. The molecule has 0 aliphatic rings. The maximum absolute atomic E-state index is 13.0. The molecule has 0 fully saturated rings. The Bertz CT molecular complexity index is 1310. The van der Waals surface area contributed by atoms with Gasteiger partial charge in [0.2, 0.25) is 11.6 Å². The predicted molar refractivity (Wildman–Crippen MR) is 116 cm³/mol. The molecular weight excluding hydrogens is 441 g/mol. The number of halogens is 1. The van der Waals surface area contributed by atoms with Crippen LogP contribution in [0, 0.1) is 15.9 Å². The summed E-state index contributed by atoms with van der Waals surface area (Å²) in [5.74, 6) is -0.832. The van der Waals surface area contributed by atoms with Crippen LogP contribution >= 0.6 is 11.3 Å². The van der Waals surface area contributed by atoms with Gasteiger partial charge in [0.25, 0.3) is 5.91 Å². The molecule has 1 amide bonds. The average Bonchev–Trinajstić information content (AvgIpc) is 3.19. The van der Waals surface area contributed by atoms with Crippen molar-refractivity contribution in [3.8, 4) is 5.75 Å². The SMILES string of the molecule is COc1ccc2nc(Nc3ncnc(NNC(=O)c4ccc(F)cc4)c3[N+](=O)[O-])sc2c1. The first-order valence-electron chi connectivity index (χ1n) is 8.97. The molecule has 4 aromatic rings. The zero-order valence-corrected chi connectivity index (χ0v) is 17.1. The van der Waals surface area contributed by atoms with Gasteiger partial charge in [0, 0.05) is 5.56 Å². The van der Waals surface area contributed by atoms with Gasteiger partial charge in [-0.1, -0.05) is 11.3 Å². The molecule has 0 atom stereocenters. The number of fused-ring (bicyclic) bond motifs is 1. The highest BCUT2D eigenvalue weighted by atomic mass is 32.1. The molecule has 4 rings (SSSR count). The Kier molecular flexibility index (Phi) is 5.72. The normalized spacial score (nSPS) is 10.6. The first kappa shape index (κ1) is 20.9. The number of thiazole rings is 1. The summed E-state index contributed by atoms with van der Waals surface area (Å²) in [6.45, 7) is 0. The molecule has 0 saturated carbocycles. The standard InChI is InChI=1S/C19H14FN7O4S/c1-31-12-6-7-13-14(8-12)32-19(23-13)24-16-15(27(29)30)17(22-9-21-16)25-26-18(28)10-2-4-11(20)5-3-10/h2-9H,1H3,(H,26,28)(H2,21,22,23,24,25). The van der Waals surface area contributed by atoms with Gasteiger partial charge in [-0.2, -0.15) is 0 Å². The number of benzene rings is 2. The van der Waals surface area contributed by atoms with Gasteiger partial charge in [-0.3, -0.25) is 25.8 Å². The third-order valence-corrected chi connectivity index (χ3v) is 5.16. The van der Waals surface area contributed by atoms with Crippen molar-refractivity contribution in [2.75, 3.05) is 17.9 Å². The fraction of sp³-hybridized carbons (Fsp3) is 0.0526. The topological polar surface area (TPSA) is 144 Å². The van der Waals surface area contributed by atoms with E-state index in [4.69, 9.17) is 4.74 Å². The largest absolute Gasteiger partial charge is 0.497 e. The number of hydrogen-bond acceptors (Lipinski definition) is 10. The minimum Gasteiger partial charge on any atom is -0.497 e. The Morgan fingerprint density at radius 3 is 2.62 bits per heavy atom. The predicted octanol–water partition coefficient (Wildman–Crippen LogP) is 3.64. The Balaban J connectivity index is 1.57. The van der Waals surface area contributed by atoms with Gasteiger partial charge in [-0.15, -0.1) is 0 Å². The molecule has 0 radical (unpaired) electrons. The third kappa shape index (κ3) is 4.37. The summed E-state index contributed by atoms with van der Waals surface area (Å²) in [6.07, 6.45) is 1.10. The van der Waals surface area contributed by atoms with Crippen molar-refractivity contribution in [2.45, 2.75) is 0 Å². The van der Waals surface area contributed by atoms with Gasteiger partial charge in [0.15, 0.2) is 5.13 Å². The first-order chi connectivity index (χ1) is 15.4. The van der Waals surface area contributed by atoms with Crippen LogP contribution in [0.25, 0.3) is 10.2 Å². The van der Waals surface area contributed by atoms with E-state index in [1.807, 2.05) is 0 Å². The van der Waals surface area contributed by atoms with Crippen LogP contribution in [-0.4, -0.2) is 32.9 Å². The van der Waals surface area contributed by atoms with Gasteiger partial charge in [-0.05, 0) is 42.5 Å². The summed E-state index contributed by atoms with van der Waals surface area (Å²) >= 11 is 1.26. The Morgan fingerprint density at radius 2 is 1.91 bits per heavy atom. The maximum atomic E-state index is 13.0. The average molecular weight is 455 g/mol. The molecule has 2 heterocycles. The molecule has 0 bridgehead atoms. The van der Waals surface area contributed by atoms with E-state index in [9.17, 15) is 19.3 Å². The van der Waals surface area contributed by atoms with Crippen molar-refractivity contribution >= 4 is 49.9 Å². The molecular formula is C19H14FN7O4S. The quantitative estimate of drug-likeness (QED) is 0.281. The van der Waals surface area contributed by atoms with Crippen molar-refractivity contribution in [3.63, 3.8) is 0 Å². The summed E-state index contributed by atoms with van der Waals surface area (Å²) in [7, 11) is 1.55. The fourth-order valence-corrected chi connectivity index (χ4v) is 3.60. The molecule has 2 aromatic carbocycles. The number of carbonyl (C=O) groups excluding carboxylic acids is 1. The van der Waals surface area contributed by atoms with Gasteiger partial charge in [-0.25, -0.2) is 19.3 Å². The van der Waals surface area contributed by atoms with E-state index in [0.29, 0.717) is 16.4 Å². The molecule has 0 aliphatic carbocycles. The van der Waals surface area contributed by atoms with Crippen LogP contribution in [0.4, 0.5) is 26.8 Å². The fourth-order valence-electron chi connectivity index (χ4n) is 2.71. The van der Waals surface area contributed by atoms with Gasteiger partial charge in [0.1, 0.15) is 17.9 Å². The number of aromatic nitrogens is 3. The number of nitrogens with one attached hydrogen (secondary N) is 3. The van der Waals surface area contributed by atoms with Crippen molar-refractivity contribution in [1.82, 2.24) is 20.4 Å². The number of hydrogen-bond donors (Lipinski definition) is 3. The van der Waals surface area contributed by atoms with Crippen LogP contribution < -0.4 is 20.9 Å². The van der Waals surface area contributed by atoms with Crippen LogP contribution in [-0.2, 0) is 0 Å². The third-order valence-electron chi connectivity index (χ3n) is 4.23. The second kappa shape index (κ2) is 8.77. The summed E-state index contributed by atoms with van der Waals surface area (Å²) in [4.78, 5) is 35.4. The second-order valence-electron chi connectivity index (χ2n) is 6.24. The number of nitro groups is 1. The van der Waals surface area contributed by atoms with Crippen LogP contribution in [0.5, 0.6) is 5.75 Å². The Morgan fingerprint density at radius 1 is 1.16 bits per heavy atom. The number of amides is 1. The number of hydrazine groups is 1. The summed E-state index contributed by atoms with van der Waals surface area (Å²) in [5.41, 5.74) is 5.05. The van der Waals surface area contributed by atoms with Crippen LogP contribution in [0.2, 0.25) is 0 Å². The van der Waals surface area contributed by atoms with E-state index in [2.05, 4.69) is 31.1 Å². The summed E-state index contributed by atoms with van der Waals surface area (Å²) in [5, 5.41) is 14.9.